The number of carbonyl (C=O) groups is 1. The highest BCUT2D eigenvalue weighted by Gasteiger charge is 2.29. The van der Waals surface area contributed by atoms with E-state index in [-0.39, 0.29) is 6.61 Å². The minimum absolute atomic E-state index is 0.124. The molecule has 0 spiro atoms. The number of nitrogens with two attached hydrogens (primary N) is 1. The third-order valence-corrected chi connectivity index (χ3v) is 2.41. The van der Waals surface area contributed by atoms with Crippen LogP contribution in [-0.2, 0) is 9.53 Å². The molecule has 0 aliphatic carbocycles. The minimum atomic E-state index is -1.90. The van der Waals surface area contributed by atoms with E-state index in [1.807, 2.05) is 6.92 Å². The van der Waals surface area contributed by atoms with E-state index in [0.29, 0.717) is 17.9 Å². The smallest absolute Gasteiger partial charge is 0.342 e. The molecule has 4 nitrogen and oxygen atoms in total. The Balaban J connectivity index is 2.88. The molecule has 0 aliphatic heterocycles. The first-order chi connectivity index (χ1) is 8.61. The lowest BCUT2D eigenvalue weighted by atomic mass is 10.0. The monoisotopic (exact) mass is 255 g/mol. The van der Waals surface area contributed by atoms with Gasteiger partial charge in [-0.2, -0.15) is 0 Å². The molecule has 2 N–H and O–H groups in total. The van der Waals surface area contributed by atoms with Crippen molar-refractivity contribution in [1.29, 1.82) is 0 Å². The molecule has 0 radical (unpaired) electrons. The van der Waals surface area contributed by atoms with Crippen molar-refractivity contribution in [3.8, 4) is 5.75 Å². The summed E-state index contributed by atoms with van der Waals surface area (Å²) in [5.74, 6) is -0.462. The molecule has 0 heterocycles. The lowest BCUT2D eigenvalue weighted by Gasteiger charge is -2.18. The zero-order valence-corrected chi connectivity index (χ0v) is 10.6. The van der Waals surface area contributed by atoms with Crippen molar-refractivity contribution < 1.29 is 18.7 Å². The fourth-order valence-corrected chi connectivity index (χ4v) is 1.57. The number of rotatable bonds is 6. The van der Waals surface area contributed by atoms with Crippen molar-refractivity contribution >= 4 is 5.97 Å². The van der Waals surface area contributed by atoms with Crippen LogP contribution in [0.1, 0.15) is 25.5 Å². The van der Waals surface area contributed by atoms with E-state index in [0.717, 1.165) is 0 Å². The van der Waals surface area contributed by atoms with Gasteiger partial charge in [0.05, 0.1) is 19.3 Å². The Hall–Kier alpha value is -1.62. The van der Waals surface area contributed by atoms with Crippen LogP contribution in [0.25, 0.3) is 0 Å². The Morgan fingerprint density at radius 3 is 2.61 bits per heavy atom. The summed E-state index contributed by atoms with van der Waals surface area (Å²) < 4.78 is 23.8. The Morgan fingerprint density at radius 2 is 2.00 bits per heavy atom. The summed E-state index contributed by atoms with van der Waals surface area (Å²) in [5, 5.41) is 0. The maximum absolute atomic E-state index is 13.8. The molecule has 1 aromatic carbocycles. The van der Waals surface area contributed by atoms with Gasteiger partial charge in [-0.1, -0.05) is 18.2 Å². The van der Waals surface area contributed by atoms with Crippen molar-refractivity contribution in [2.45, 2.75) is 26.1 Å². The molecular weight excluding hydrogens is 237 g/mol. The first-order valence-electron chi connectivity index (χ1n) is 5.89. The van der Waals surface area contributed by atoms with Gasteiger partial charge in [0.25, 0.3) is 0 Å². The van der Waals surface area contributed by atoms with E-state index >= 15 is 0 Å². The highest BCUT2D eigenvalue weighted by atomic mass is 19.1. The number of carbonyl (C=O) groups excluding carboxylic acids is 1. The van der Waals surface area contributed by atoms with Gasteiger partial charge in [-0.25, -0.2) is 9.18 Å². The van der Waals surface area contributed by atoms with Crippen molar-refractivity contribution in [2.24, 2.45) is 5.73 Å². The zero-order chi connectivity index (χ0) is 13.5. The normalized spacial score (nSPS) is 13.8. The summed E-state index contributed by atoms with van der Waals surface area (Å²) >= 11 is 0. The number of alkyl halides is 1. The molecule has 0 saturated carbocycles. The highest BCUT2D eigenvalue weighted by Crippen LogP contribution is 2.27. The van der Waals surface area contributed by atoms with E-state index < -0.39 is 18.2 Å². The molecule has 1 aromatic rings. The van der Waals surface area contributed by atoms with Crippen LogP contribution >= 0.6 is 0 Å². The fraction of sp³-hybridized carbons (Fsp3) is 0.462. The number of para-hydroxylation sites is 1. The van der Waals surface area contributed by atoms with Crippen molar-refractivity contribution in [1.82, 2.24) is 0 Å². The Labute approximate surface area is 106 Å². The van der Waals surface area contributed by atoms with E-state index in [2.05, 4.69) is 4.74 Å². The Kier molecular flexibility index (Phi) is 5.58. The number of esters is 1. The van der Waals surface area contributed by atoms with Crippen molar-refractivity contribution in [2.75, 3.05) is 13.2 Å². The van der Waals surface area contributed by atoms with Gasteiger partial charge in [0, 0.05) is 5.56 Å². The van der Waals surface area contributed by atoms with Gasteiger partial charge in [0.2, 0.25) is 6.17 Å². The van der Waals surface area contributed by atoms with Crippen LogP contribution in [0.2, 0.25) is 0 Å². The topological polar surface area (TPSA) is 61.5 Å². The van der Waals surface area contributed by atoms with Crippen LogP contribution in [0, 0.1) is 0 Å². The SMILES string of the molecule is CCOC(=O)C(F)[C@H](N)c1ccccc1OCC. The van der Waals surface area contributed by atoms with E-state index in [1.165, 1.54) is 0 Å². The average molecular weight is 255 g/mol. The van der Waals surface area contributed by atoms with Crippen molar-refractivity contribution in [3.63, 3.8) is 0 Å². The second kappa shape index (κ2) is 6.96. The summed E-state index contributed by atoms with van der Waals surface area (Å²) in [6.45, 7) is 4.00. The number of hydrogen-bond donors (Lipinski definition) is 1. The number of hydrogen-bond acceptors (Lipinski definition) is 4. The maximum atomic E-state index is 13.8. The van der Waals surface area contributed by atoms with Crippen molar-refractivity contribution in [3.05, 3.63) is 29.8 Å². The number of halogens is 1. The minimum Gasteiger partial charge on any atom is -0.494 e. The summed E-state index contributed by atoms with van der Waals surface area (Å²) in [6.07, 6.45) is -1.90. The lowest BCUT2D eigenvalue weighted by Crippen LogP contribution is -2.31. The molecule has 1 unspecified atom stereocenters. The van der Waals surface area contributed by atoms with Gasteiger partial charge in [-0.3, -0.25) is 0 Å². The van der Waals surface area contributed by atoms with E-state index in [9.17, 15) is 9.18 Å². The van der Waals surface area contributed by atoms with Gasteiger partial charge >= 0.3 is 5.97 Å². The molecule has 2 atom stereocenters. The molecule has 1 rings (SSSR count). The molecule has 0 aliphatic rings. The van der Waals surface area contributed by atoms with Crippen LogP contribution in [-0.4, -0.2) is 25.4 Å². The molecular formula is C13H18FNO3. The third-order valence-electron chi connectivity index (χ3n) is 2.41. The molecule has 0 aromatic heterocycles. The first-order valence-corrected chi connectivity index (χ1v) is 5.89. The van der Waals surface area contributed by atoms with E-state index in [4.69, 9.17) is 10.5 Å². The fourth-order valence-electron chi connectivity index (χ4n) is 1.57. The molecule has 0 saturated heterocycles. The van der Waals surface area contributed by atoms with Gasteiger partial charge in [-0.05, 0) is 19.9 Å². The maximum Gasteiger partial charge on any atom is 0.342 e. The lowest BCUT2D eigenvalue weighted by molar-refractivity contribution is -0.149. The molecule has 0 fully saturated rings. The van der Waals surface area contributed by atoms with Crippen LogP contribution < -0.4 is 10.5 Å². The number of ether oxygens (including phenoxy) is 2. The van der Waals surface area contributed by atoms with Gasteiger partial charge in [0.1, 0.15) is 5.75 Å². The second-order valence-electron chi connectivity index (χ2n) is 3.65. The van der Waals surface area contributed by atoms with Gasteiger partial charge in [-0.15, -0.1) is 0 Å². The van der Waals surface area contributed by atoms with Crippen LogP contribution in [0.5, 0.6) is 5.75 Å². The third kappa shape index (κ3) is 3.43. The predicted octanol–water partition coefficient (Wildman–Crippen LogP) is 1.99. The predicted molar refractivity (Wildman–Crippen MR) is 66.1 cm³/mol. The largest absolute Gasteiger partial charge is 0.494 e. The standard InChI is InChI=1S/C13H18FNO3/c1-3-17-10-8-6-5-7-9(10)12(15)11(14)13(16)18-4-2/h5-8,11-12H,3-4,15H2,1-2H3/t11?,12-/m1/s1. The highest BCUT2D eigenvalue weighted by molar-refractivity contribution is 5.76. The van der Waals surface area contributed by atoms with E-state index in [1.54, 1.807) is 31.2 Å². The Bertz CT molecular complexity index is 398. The first kappa shape index (κ1) is 14.4. The summed E-state index contributed by atoms with van der Waals surface area (Å²) in [6, 6.07) is 5.72. The van der Waals surface area contributed by atoms with Crippen LogP contribution in [0.15, 0.2) is 24.3 Å². The molecule has 5 heteroatoms. The average Bonchev–Trinajstić information content (AvgIpc) is 2.38. The van der Waals surface area contributed by atoms with Crippen LogP contribution in [0.3, 0.4) is 0 Å². The second-order valence-corrected chi connectivity index (χ2v) is 3.65. The zero-order valence-electron chi connectivity index (χ0n) is 10.6. The summed E-state index contributed by atoms with van der Waals surface area (Å²) in [7, 11) is 0. The molecule has 0 bridgehead atoms. The molecule has 18 heavy (non-hydrogen) atoms. The Morgan fingerprint density at radius 1 is 1.33 bits per heavy atom. The summed E-state index contributed by atoms with van der Waals surface area (Å²) in [5.41, 5.74) is 6.20. The van der Waals surface area contributed by atoms with Crippen LogP contribution in [0.4, 0.5) is 4.39 Å². The van der Waals surface area contributed by atoms with Gasteiger partial charge < -0.3 is 15.2 Å². The quantitative estimate of drug-likeness (QED) is 0.790. The molecule has 100 valence electrons. The summed E-state index contributed by atoms with van der Waals surface area (Å²) in [4.78, 5) is 11.3. The number of benzene rings is 1. The van der Waals surface area contributed by atoms with Gasteiger partial charge in [0.15, 0.2) is 0 Å². The molecule has 0 amide bonds.